The smallest absolute Gasteiger partial charge is 0.0495 e. The Morgan fingerprint density at radius 1 is 1.57 bits per heavy atom. The Hall–Kier alpha value is -1.09. The van der Waals surface area contributed by atoms with Crippen molar-refractivity contribution in [2.24, 2.45) is 5.73 Å². The van der Waals surface area contributed by atoms with Gasteiger partial charge in [-0.15, -0.1) is 0 Å². The molecular formula is C11H17N3. The van der Waals surface area contributed by atoms with E-state index >= 15 is 0 Å². The molecule has 14 heavy (non-hydrogen) atoms. The Balaban J connectivity index is 2.09. The zero-order valence-electron chi connectivity index (χ0n) is 8.59. The van der Waals surface area contributed by atoms with Crippen LogP contribution in [-0.2, 0) is 0 Å². The summed E-state index contributed by atoms with van der Waals surface area (Å²) < 4.78 is 0. The molecule has 0 radical (unpaired) electrons. The predicted molar refractivity (Wildman–Crippen MR) is 58.2 cm³/mol. The molecule has 1 aliphatic carbocycles. The Bertz CT molecular complexity index is 313. The molecule has 76 valence electrons. The van der Waals surface area contributed by atoms with E-state index in [4.69, 9.17) is 5.73 Å². The Morgan fingerprint density at radius 3 is 2.86 bits per heavy atom. The van der Waals surface area contributed by atoms with Crippen molar-refractivity contribution in [3.8, 4) is 0 Å². The molecule has 1 aliphatic rings. The van der Waals surface area contributed by atoms with Gasteiger partial charge in [-0.3, -0.25) is 4.98 Å². The average molecular weight is 191 g/mol. The number of aryl methyl sites for hydroxylation is 1. The molecule has 0 amide bonds. The summed E-state index contributed by atoms with van der Waals surface area (Å²) in [5.74, 6) is 0. The second-order valence-corrected chi connectivity index (χ2v) is 4.15. The van der Waals surface area contributed by atoms with E-state index in [1.165, 1.54) is 19.3 Å². The van der Waals surface area contributed by atoms with Crippen LogP contribution in [0.4, 0.5) is 5.69 Å². The number of nitrogens with two attached hydrogens (primary N) is 1. The second kappa shape index (κ2) is 3.58. The lowest BCUT2D eigenvalue weighted by Crippen LogP contribution is -2.51. The third-order valence-electron chi connectivity index (χ3n) is 3.01. The van der Waals surface area contributed by atoms with Crippen LogP contribution in [0.15, 0.2) is 18.3 Å². The Labute approximate surface area is 84.7 Å². The maximum absolute atomic E-state index is 5.78. The van der Waals surface area contributed by atoms with Crippen LogP contribution in [0, 0.1) is 6.92 Å². The van der Waals surface area contributed by atoms with Gasteiger partial charge in [0.1, 0.15) is 0 Å². The molecule has 0 unspecified atom stereocenters. The first kappa shape index (κ1) is 9.46. The van der Waals surface area contributed by atoms with E-state index in [1.54, 1.807) is 0 Å². The lowest BCUT2D eigenvalue weighted by Gasteiger charge is -2.42. The molecule has 3 nitrogen and oxygen atoms in total. The van der Waals surface area contributed by atoms with Gasteiger partial charge in [-0.2, -0.15) is 0 Å². The van der Waals surface area contributed by atoms with Crippen LogP contribution < -0.4 is 11.1 Å². The molecule has 2 rings (SSSR count). The Morgan fingerprint density at radius 2 is 2.36 bits per heavy atom. The summed E-state index contributed by atoms with van der Waals surface area (Å²) in [4.78, 5) is 4.17. The summed E-state index contributed by atoms with van der Waals surface area (Å²) in [5.41, 5.74) is 8.12. The summed E-state index contributed by atoms with van der Waals surface area (Å²) in [5, 5.41) is 3.52. The van der Waals surface area contributed by atoms with Crippen molar-refractivity contribution in [1.82, 2.24) is 4.98 Å². The van der Waals surface area contributed by atoms with Crippen molar-refractivity contribution in [3.63, 3.8) is 0 Å². The molecule has 1 fully saturated rings. The van der Waals surface area contributed by atoms with E-state index in [-0.39, 0.29) is 5.54 Å². The maximum Gasteiger partial charge on any atom is 0.0495 e. The van der Waals surface area contributed by atoms with Crippen molar-refractivity contribution in [1.29, 1.82) is 0 Å². The summed E-state index contributed by atoms with van der Waals surface area (Å²) >= 11 is 0. The minimum Gasteiger partial charge on any atom is -0.378 e. The first-order chi connectivity index (χ1) is 6.74. The molecule has 1 aromatic rings. The van der Waals surface area contributed by atoms with Crippen LogP contribution in [0.3, 0.4) is 0 Å². The quantitative estimate of drug-likeness (QED) is 0.764. The summed E-state index contributed by atoms with van der Waals surface area (Å²) in [6.07, 6.45) is 5.49. The van der Waals surface area contributed by atoms with Crippen molar-refractivity contribution in [2.75, 3.05) is 11.9 Å². The van der Waals surface area contributed by atoms with Gasteiger partial charge in [0.05, 0.1) is 0 Å². The van der Waals surface area contributed by atoms with E-state index in [9.17, 15) is 0 Å². The van der Waals surface area contributed by atoms with E-state index in [0.29, 0.717) is 6.54 Å². The molecule has 3 N–H and O–H groups in total. The van der Waals surface area contributed by atoms with E-state index in [0.717, 1.165) is 11.4 Å². The number of rotatable bonds is 3. The summed E-state index contributed by atoms with van der Waals surface area (Å²) in [7, 11) is 0. The first-order valence-corrected chi connectivity index (χ1v) is 5.15. The zero-order chi connectivity index (χ0) is 10.0. The zero-order valence-corrected chi connectivity index (χ0v) is 8.59. The summed E-state index contributed by atoms with van der Waals surface area (Å²) in [6.45, 7) is 2.72. The average Bonchev–Trinajstić information content (AvgIpc) is 2.11. The highest BCUT2D eigenvalue weighted by Gasteiger charge is 2.35. The molecule has 0 spiro atoms. The SMILES string of the molecule is Cc1cc(NC2(CN)CCC2)ccn1. The van der Waals surface area contributed by atoms with Crippen LogP contribution in [0.2, 0.25) is 0 Å². The van der Waals surface area contributed by atoms with Gasteiger partial charge in [-0.05, 0) is 38.3 Å². The number of pyridine rings is 1. The van der Waals surface area contributed by atoms with E-state index in [1.807, 2.05) is 19.2 Å². The molecule has 1 saturated carbocycles. The fourth-order valence-electron chi connectivity index (χ4n) is 1.91. The molecule has 3 heteroatoms. The van der Waals surface area contributed by atoms with Crippen LogP contribution >= 0.6 is 0 Å². The highest BCUT2D eigenvalue weighted by atomic mass is 15.0. The van der Waals surface area contributed by atoms with E-state index in [2.05, 4.69) is 16.4 Å². The molecule has 1 aromatic heterocycles. The molecule has 1 heterocycles. The molecule has 0 aliphatic heterocycles. The predicted octanol–water partition coefficient (Wildman–Crippen LogP) is 1.68. The molecule has 0 saturated heterocycles. The number of hydrogen-bond acceptors (Lipinski definition) is 3. The van der Waals surface area contributed by atoms with Crippen LogP contribution in [0.1, 0.15) is 25.0 Å². The maximum atomic E-state index is 5.78. The standard InChI is InChI=1S/C11H17N3/c1-9-7-10(3-6-13-9)14-11(8-12)4-2-5-11/h3,6-7H,2,4-5,8,12H2,1H3,(H,13,14). The monoisotopic (exact) mass is 191 g/mol. The number of anilines is 1. The highest BCUT2D eigenvalue weighted by molar-refractivity contribution is 5.46. The van der Waals surface area contributed by atoms with Gasteiger partial charge in [0.25, 0.3) is 0 Å². The minimum atomic E-state index is 0.161. The van der Waals surface area contributed by atoms with Crippen molar-refractivity contribution >= 4 is 5.69 Å². The van der Waals surface area contributed by atoms with Crippen molar-refractivity contribution < 1.29 is 0 Å². The van der Waals surface area contributed by atoms with Crippen molar-refractivity contribution in [2.45, 2.75) is 31.7 Å². The normalized spacial score (nSPS) is 18.7. The fraction of sp³-hybridized carbons (Fsp3) is 0.545. The van der Waals surface area contributed by atoms with Gasteiger partial charge in [-0.25, -0.2) is 0 Å². The third kappa shape index (κ3) is 1.73. The topological polar surface area (TPSA) is 50.9 Å². The Kier molecular flexibility index (Phi) is 2.42. The number of hydrogen-bond donors (Lipinski definition) is 2. The third-order valence-corrected chi connectivity index (χ3v) is 3.01. The van der Waals surface area contributed by atoms with Crippen LogP contribution in [0.5, 0.6) is 0 Å². The lowest BCUT2D eigenvalue weighted by atomic mass is 9.76. The summed E-state index contributed by atoms with van der Waals surface area (Å²) in [6, 6.07) is 4.07. The highest BCUT2D eigenvalue weighted by Crippen LogP contribution is 2.34. The van der Waals surface area contributed by atoms with Crippen LogP contribution in [0.25, 0.3) is 0 Å². The number of nitrogens with zero attached hydrogens (tertiary/aromatic N) is 1. The van der Waals surface area contributed by atoms with Crippen LogP contribution in [-0.4, -0.2) is 17.1 Å². The van der Waals surface area contributed by atoms with Gasteiger partial charge in [0.2, 0.25) is 0 Å². The lowest BCUT2D eigenvalue weighted by molar-refractivity contribution is 0.287. The van der Waals surface area contributed by atoms with Gasteiger partial charge < -0.3 is 11.1 Å². The molecule has 0 bridgehead atoms. The van der Waals surface area contributed by atoms with Gasteiger partial charge in [0.15, 0.2) is 0 Å². The minimum absolute atomic E-state index is 0.161. The van der Waals surface area contributed by atoms with Gasteiger partial charge in [-0.1, -0.05) is 0 Å². The fourth-order valence-corrected chi connectivity index (χ4v) is 1.91. The van der Waals surface area contributed by atoms with Crippen molar-refractivity contribution in [3.05, 3.63) is 24.0 Å². The molecule has 0 aromatic carbocycles. The molecular weight excluding hydrogens is 174 g/mol. The largest absolute Gasteiger partial charge is 0.378 e. The van der Waals surface area contributed by atoms with Gasteiger partial charge in [0, 0.05) is 29.7 Å². The molecule has 0 atom stereocenters. The number of aromatic nitrogens is 1. The van der Waals surface area contributed by atoms with E-state index < -0.39 is 0 Å². The second-order valence-electron chi connectivity index (χ2n) is 4.15. The van der Waals surface area contributed by atoms with Gasteiger partial charge >= 0.3 is 0 Å². The first-order valence-electron chi connectivity index (χ1n) is 5.15. The number of nitrogens with one attached hydrogen (secondary N) is 1.